The van der Waals surface area contributed by atoms with Gasteiger partial charge in [-0.25, -0.2) is 4.79 Å². The average molecular weight is 419 g/mol. The minimum Gasteiger partial charge on any atom is -0.449 e. The third kappa shape index (κ3) is 4.27. The summed E-state index contributed by atoms with van der Waals surface area (Å²) in [4.78, 5) is 38.8. The van der Waals surface area contributed by atoms with E-state index >= 15 is 0 Å². The Morgan fingerprint density at radius 3 is 2.66 bits per heavy atom. The van der Waals surface area contributed by atoms with Crippen LogP contribution in [0.4, 0.5) is 11.4 Å². The zero-order chi connectivity index (χ0) is 21.3. The molecule has 1 aliphatic rings. The van der Waals surface area contributed by atoms with Gasteiger partial charge in [-0.2, -0.15) is 5.10 Å². The van der Waals surface area contributed by atoms with E-state index in [2.05, 4.69) is 10.4 Å². The van der Waals surface area contributed by atoms with E-state index in [9.17, 15) is 14.4 Å². The Morgan fingerprint density at radius 1 is 1.28 bits per heavy atom. The van der Waals surface area contributed by atoms with Gasteiger partial charge in [0.25, 0.3) is 5.91 Å². The Balaban J connectivity index is 1.78. The minimum absolute atomic E-state index is 0.142. The molecule has 0 saturated heterocycles. The van der Waals surface area contributed by atoms with Crippen molar-refractivity contribution in [3.05, 3.63) is 40.7 Å². The molecule has 0 bridgehead atoms. The number of halogens is 1. The smallest absolute Gasteiger partial charge is 0.343 e. The third-order valence-electron chi connectivity index (χ3n) is 4.48. The fourth-order valence-electron chi connectivity index (χ4n) is 3.17. The van der Waals surface area contributed by atoms with Crippen molar-refractivity contribution in [3.8, 4) is 0 Å². The lowest BCUT2D eigenvalue weighted by atomic mass is 10.1. The molecule has 0 radical (unpaired) electrons. The molecular formula is C20H23ClN4O4. The number of fused-ring (bicyclic) bond motifs is 1. The number of anilines is 2. The molecule has 1 aromatic heterocycles. The lowest BCUT2D eigenvalue weighted by molar-refractivity contribution is -0.128. The van der Waals surface area contributed by atoms with Crippen molar-refractivity contribution < 1.29 is 19.1 Å². The summed E-state index contributed by atoms with van der Waals surface area (Å²) < 4.78 is 6.93. The van der Waals surface area contributed by atoms with E-state index in [1.54, 1.807) is 35.9 Å². The predicted molar refractivity (Wildman–Crippen MR) is 109 cm³/mol. The summed E-state index contributed by atoms with van der Waals surface area (Å²) in [5, 5.41) is 7.19. The highest BCUT2D eigenvalue weighted by molar-refractivity contribution is 6.32. The number of nitrogens with zero attached hydrogens (tertiary/aromatic N) is 3. The first-order valence-electron chi connectivity index (χ1n) is 9.33. The van der Waals surface area contributed by atoms with Gasteiger partial charge in [-0.1, -0.05) is 37.6 Å². The topological polar surface area (TPSA) is 93.5 Å². The standard InChI is InChI=1S/C20H23ClN4O4/c1-11(2)9-25-18(21)17(12(3)23-25)20(28)29-13(4)19(27)24-10-16(26)22-14-7-5-6-8-15(14)24/h5-8,11,13H,9-10H2,1-4H3,(H,22,26)/t13-/m1/s1. The summed E-state index contributed by atoms with van der Waals surface area (Å²) in [6.07, 6.45) is -1.11. The Hall–Kier alpha value is -2.87. The third-order valence-corrected chi connectivity index (χ3v) is 4.86. The number of amides is 2. The van der Waals surface area contributed by atoms with Gasteiger partial charge < -0.3 is 10.1 Å². The first kappa shape index (κ1) is 20.9. The summed E-state index contributed by atoms with van der Waals surface area (Å²) in [5.41, 5.74) is 1.66. The molecule has 29 heavy (non-hydrogen) atoms. The quantitative estimate of drug-likeness (QED) is 0.753. The lowest BCUT2D eigenvalue weighted by Gasteiger charge is -2.30. The van der Waals surface area contributed by atoms with Crippen LogP contribution in [0.5, 0.6) is 0 Å². The van der Waals surface area contributed by atoms with Gasteiger partial charge in [0.15, 0.2) is 6.10 Å². The van der Waals surface area contributed by atoms with Crippen molar-refractivity contribution in [2.45, 2.75) is 40.3 Å². The van der Waals surface area contributed by atoms with Crippen LogP contribution in [0.15, 0.2) is 24.3 Å². The molecule has 9 heteroatoms. The number of carbonyl (C=O) groups is 3. The normalized spacial score (nSPS) is 14.4. The van der Waals surface area contributed by atoms with E-state index < -0.39 is 18.0 Å². The molecule has 0 fully saturated rings. The SMILES string of the molecule is Cc1nn(CC(C)C)c(Cl)c1C(=O)O[C@H](C)C(=O)N1CC(=O)Nc2ccccc21. The van der Waals surface area contributed by atoms with Crippen molar-refractivity contribution in [2.24, 2.45) is 5.92 Å². The first-order chi connectivity index (χ1) is 13.7. The van der Waals surface area contributed by atoms with Crippen LogP contribution in [0.25, 0.3) is 0 Å². The van der Waals surface area contributed by atoms with Gasteiger partial charge in [0.2, 0.25) is 5.91 Å². The van der Waals surface area contributed by atoms with Crippen LogP contribution in [0.1, 0.15) is 36.8 Å². The molecule has 154 valence electrons. The van der Waals surface area contributed by atoms with Gasteiger partial charge >= 0.3 is 5.97 Å². The number of hydrogen-bond donors (Lipinski definition) is 1. The predicted octanol–water partition coefficient (Wildman–Crippen LogP) is 3.03. The number of carbonyl (C=O) groups excluding carboxylic acids is 3. The highest BCUT2D eigenvalue weighted by Gasteiger charge is 2.32. The maximum Gasteiger partial charge on any atom is 0.343 e. The Morgan fingerprint density at radius 2 is 1.97 bits per heavy atom. The van der Waals surface area contributed by atoms with E-state index in [4.69, 9.17) is 16.3 Å². The van der Waals surface area contributed by atoms with Crippen LogP contribution in [-0.4, -0.2) is 40.2 Å². The van der Waals surface area contributed by atoms with Crippen LogP contribution < -0.4 is 10.2 Å². The molecule has 2 heterocycles. The fourth-order valence-corrected chi connectivity index (χ4v) is 3.49. The van der Waals surface area contributed by atoms with Gasteiger partial charge in [0.1, 0.15) is 17.3 Å². The molecular weight excluding hydrogens is 396 g/mol. The van der Waals surface area contributed by atoms with E-state index in [-0.39, 0.29) is 23.2 Å². The van der Waals surface area contributed by atoms with Gasteiger partial charge in [0.05, 0.1) is 17.1 Å². The molecule has 8 nitrogen and oxygen atoms in total. The summed E-state index contributed by atoms with van der Waals surface area (Å²) in [6, 6.07) is 6.95. The van der Waals surface area contributed by atoms with Crippen LogP contribution in [0.3, 0.4) is 0 Å². The first-order valence-corrected chi connectivity index (χ1v) is 9.71. The second-order valence-electron chi connectivity index (χ2n) is 7.36. The molecule has 0 spiro atoms. The van der Waals surface area contributed by atoms with E-state index in [1.165, 1.54) is 11.8 Å². The number of nitrogens with one attached hydrogen (secondary N) is 1. The second kappa shape index (κ2) is 8.24. The number of benzene rings is 1. The molecule has 2 amide bonds. The molecule has 2 aromatic rings. The van der Waals surface area contributed by atoms with Crippen molar-refractivity contribution in [1.82, 2.24) is 9.78 Å². The Labute approximate surface area is 173 Å². The molecule has 0 saturated carbocycles. The highest BCUT2D eigenvalue weighted by atomic mass is 35.5. The minimum atomic E-state index is -1.11. The molecule has 3 rings (SSSR count). The Bertz CT molecular complexity index is 969. The van der Waals surface area contributed by atoms with Crippen LogP contribution >= 0.6 is 11.6 Å². The number of aromatic nitrogens is 2. The van der Waals surface area contributed by atoms with E-state index in [0.717, 1.165) is 0 Å². The number of hydrogen-bond acceptors (Lipinski definition) is 5. The molecule has 1 atom stereocenters. The number of esters is 1. The zero-order valence-electron chi connectivity index (χ0n) is 16.7. The van der Waals surface area contributed by atoms with Gasteiger partial charge in [0, 0.05) is 6.54 Å². The van der Waals surface area contributed by atoms with Gasteiger partial charge in [-0.05, 0) is 31.9 Å². The molecule has 1 N–H and O–H groups in total. The number of ether oxygens (including phenoxy) is 1. The van der Waals surface area contributed by atoms with Gasteiger partial charge in [-0.15, -0.1) is 0 Å². The maximum atomic E-state index is 12.9. The number of aryl methyl sites for hydroxylation is 1. The molecule has 0 aliphatic carbocycles. The second-order valence-corrected chi connectivity index (χ2v) is 7.72. The molecule has 0 unspecified atom stereocenters. The zero-order valence-corrected chi connectivity index (χ0v) is 17.5. The summed E-state index contributed by atoms with van der Waals surface area (Å²) in [7, 11) is 0. The summed E-state index contributed by atoms with van der Waals surface area (Å²) in [5.74, 6) is -1.24. The largest absolute Gasteiger partial charge is 0.449 e. The van der Waals surface area contributed by atoms with Crippen LogP contribution in [0, 0.1) is 12.8 Å². The van der Waals surface area contributed by atoms with Crippen molar-refractivity contribution in [3.63, 3.8) is 0 Å². The lowest BCUT2D eigenvalue weighted by Crippen LogP contribution is -2.47. The molecule has 1 aliphatic heterocycles. The van der Waals surface area contributed by atoms with Gasteiger partial charge in [-0.3, -0.25) is 19.2 Å². The monoisotopic (exact) mass is 418 g/mol. The van der Waals surface area contributed by atoms with E-state index in [0.29, 0.717) is 29.5 Å². The highest BCUT2D eigenvalue weighted by Crippen LogP contribution is 2.30. The fraction of sp³-hybridized carbons (Fsp3) is 0.400. The van der Waals surface area contributed by atoms with Crippen molar-refractivity contribution in [1.29, 1.82) is 0 Å². The number of rotatable bonds is 5. The van der Waals surface area contributed by atoms with Crippen molar-refractivity contribution in [2.75, 3.05) is 16.8 Å². The van der Waals surface area contributed by atoms with Crippen molar-refractivity contribution >= 4 is 40.8 Å². The summed E-state index contributed by atoms with van der Waals surface area (Å²) in [6.45, 7) is 7.57. The van der Waals surface area contributed by atoms with E-state index in [1.807, 2.05) is 13.8 Å². The molecule has 1 aromatic carbocycles. The summed E-state index contributed by atoms with van der Waals surface area (Å²) >= 11 is 6.32. The number of para-hydroxylation sites is 2. The maximum absolute atomic E-state index is 12.9. The Kier molecular flexibility index (Phi) is 5.93. The van der Waals surface area contributed by atoms with Crippen LogP contribution in [-0.2, 0) is 20.9 Å². The van der Waals surface area contributed by atoms with Crippen LogP contribution in [0.2, 0.25) is 5.15 Å². The average Bonchev–Trinajstić information content (AvgIpc) is 2.92.